The summed E-state index contributed by atoms with van der Waals surface area (Å²) >= 11 is 0. The highest BCUT2D eigenvalue weighted by atomic mass is 16.5. The van der Waals surface area contributed by atoms with Gasteiger partial charge in [0.1, 0.15) is 11.5 Å². The monoisotopic (exact) mass is 1400 g/mol. The maximum Gasteiger partial charge on any atom is 0.127 e. The average Bonchev–Trinajstić information content (AvgIpc) is 0.911. The van der Waals surface area contributed by atoms with Gasteiger partial charge in [-0.25, -0.2) is 0 Å². The maximum absolute atomic E-state index is 5.69. The Labute approximate surface area is 637 Å². The van der Waals surface area contributed by atoms with E-state index in [-0.39, 0.29) is 0 Å². The Morgan fingerprint density at radius 1 is 0.265 bits per heavy atom. The van der Waals surface area contributed by atoms with Crippen molar-refractivity contribution in [3.8, 4) is 11.5 Å². The molecule has 7 rings (SSSR count). The summed E-state index contributed by atoms with van der Waals surface area (Å²) in [7, 11) is 0. The molecular weight excluding hydrogens is 1230 g/mol. The van der Waals surface area contributed by atoms with Crippen LogP contribution >= 0.6 is 0 Å². The Morgan fingerprint density at radius 2 is 0.520 bits per heavy atom. The lowest BCUT2D eigenvalue weighted by Crippen LogP contribution is -2.14. The first kappa shape index (κ1) is 101. The van der Waals surface area contributed by atoms with Gasteiger partial charge in [0.05, 0.1) is 0 Å². The van der Waals surface area contributed by atoms with Crippen LogP contribution < -0.4 is 4.74 Å². The van der Waals surface area contributed by atoms with Crippen molar-refractivity contribution in [2.75, 3.05) is 0 Å². The molecular formula is C101H166O. The van der Waals surface area contributed by atoms with Crippen molar-refractivity contribution in [1.29, 1.82) is 0 Å². The molecule has 1 heteroatoms. The van der Waals surface area contributed by atoms with E-state index in [9.17, 15) is 0 Å². The third-order valence-corrected chi connectivity index (χ3v) is 18.5. The highest BCUT2D eigenvalue weighted by Crippen LogP contribution is 2.30. The smallest absolute Gasteiger partial charge is 0.127 e. The number of hydrogen-bond acceptors (Lipinski definition) is 1. The molecule has 0 radical (unpaired) electrons. The second kappa shape index (κ2) is 71.0. The number of aryl methyl sites for hydroxylation is 11. The molecule has 0 amide bonds. The van der Waals surface area contributed by atoms with E-state index in [2.05, 4.69) is 281 Å². The van der Waals surface area contributed by atoms with Crippen molar-refractivity contribution >= 4 is 0 Å². The Hall–Kier alpha value is -5.66. The van der Waals surface area contributed by atoms with Crippen molar-refractivity contribution in [2.45, 2.75) is 378 Å². The number of unbranched alkanes of at least 4 members (excludes halogenated alkanes) is 24. The van der Waals surface area contributed by atoms with Crippen molar-refractivity contribution in [3.63, 3.8) is 0 Å². The first-order chi connectivity index (χ1) is 48.9. The molecule has 7 aromatic rings. The zero-order valence-electron chi connectivity index (χ0n) is 71.9. The van der Waals surface area contributed by atoms with Gasteiger partial charge in [-0.2, -0.15) is 0 Å². The van der Waals surface area contributed by atoms with Gasteiger partial charge in [0.15, 0.2) is 0 Å². The molecule has 0 N–H and O–H groups in total. The lowest BCUT2D eigenvalue weighted by atomic mass is 9.80. The molecule has 1 nitrogen and oxygen atoms in total. The molecule has 0 aromatic heterocycles. The summed E-state index contributed by atoms with van der Waals surface area (Å²) in [6, 6.07) is 57.0. The van der Waals surface area contributed by atoms with Crippen LogP contribution in [0, 0.1) is 87.5 Å². The van der Waals surface area contributed by atoms with Gasteiger partial charge < -0.3 is 4.74 Å². The van der Waals surface area contributed by atoms with E-state index in [0.717, 1.165) is 23.8 Å². The summed E-state index contributed by atoms with van der Waals surface area (Å²) in [5, 5.41) is 0. The molecule has 0 spiro atoms. The van der Waals surface area contributed by atoms with E-state index >= 15 is 0 Å². The van der Waals surface area contributed by atoms with Crippen LogP contribution in [-0.4, -0.2) is 0 Å². The number of ether oxygens (including phenoxy) is 1. The average molecular weight is 1400 g/mol. The van der Waals surface area contributed by atoms with Gasteiger partial charge in [-0.1, -0.05) is 479 Å². The molecule has 0 heterocycles. The third kappa shape index (κ3) is 67.5. The molecule has 576 valence electrons. The van der Waals surface area contributed by atoms with Crippen molar-refractivity contribution < 1.29 is 4.74 Å². The lowest BCUT2D eigenvalue weighted by Gasteiger charge is -2.26. The van der Waals surface area contributed by atoms with E-state index < -0.39 is 0 Å². The summed E-state index contributed by atoms with van der Waals surface area (Å²) < 4.78 is 5.69. The van der Waals surface area contributed by atoms with Gasteiger partial charge in [-0.15, -0.1) is 0 Å². The van der Waals surface area contributed by atoms with Gasteiger partial charge in [-0.3, -0.25) is 0 Å². The molecule has 0 fully saturated rings. The van der Waals surface area contributed by atoms with Crippen LogP contribution in [0.1, 0.15) is 368 Å². The van der Waals surface area contributed by atoms with Gasteiger partial charge in [0.25, 0.3) is 0 Å². The molecule has 0 bridgehead atoms. The number of hydrogen-bond donors (Lipinski definition) is 0. The van der Waals surface area contributed by atoms with E-state index in [4.69, 9.17) is 4.74 Å². The Kier molecular flexibility index (Phi) is 69.9. The zero-order chi connectivity index (χ0) is 76.9. The molecule has 0 saturated carbocycles. The molecule has 0 aliphatic heterocycles. The first-order valence-electron chi connectivity index (χ1n) is 42.0. The Balaban J connectivity index is -0.00000108. The Bertz CT molecular complexity index is 2590. The SMILES string of the molecule is CCCC.CCCC(C)CC(C)(C)CC.CCCCCCCC.CCCCCCCCCC.CCCCCCCCCCCCCC.Cc1ccc(C)c(C)c1.Cc1ccc(C)cc1.Cc1ccc(Cc2ccc(C)cc2)cc1.Cc1ccc(Oc2ccc(C)cc2)cc1.Cc1cccc(C)c1. The van der Waals surface area contributed by atoms with Crippen LogP contribution in [0.25, 0.3) is 0 Å². The van der Waals surface area contributed by atoms with Crippen molar-refractivity contribution in [1.82, 2.24) is 0 Å². The summed E-state index contributed by atoms with van der Waals surface area (Å²) in [6.07, 6.45) is 46.5. The summed E-state index contributed by atoms with van der Waals surface area (Å²) in [5.41, 5.74) is 17.9. The fourth-order valence-corrected chi connectivity index (χ4v) is 11.0. The van der Waals surface area contributed by atoms with Gasteiger partial charge in [-0.05, 0) is 147 Å². The van der Waals surface area contributed by atoms with E-state index in [1.807, 2.05) is 48.5 Å². The van der Waals surface area contributed by atoms with Crippen LogP contribution in [-0.2, 0) is 6.42 Å². The largest absolute Gasteiger partial charge is 0.457 e. The molecule has 1 atom stereocenters. The quantitative estimate of drug-likeness (QED) is 0.0373. The van der Waals surface area contributed by atoms with E-state index in [1.54, 1.807) is 0 Å². The van der Waals surface area contributed by atoms with Crippen LogP contribution in [0.3, 0.4) is 0 Å². The molecule has 0 aliphatic carbocycles. The predicted molar refractivity (Wildman–Crippen MR) is 468 cm³/mol. The first-order valence-corrected chi connectivity index (χ1v) is 42.0. The zero-order valence-corrected chi connectivity index (χ0v) is 71.9. The van der Waals surface area contributed by atoms with Crippen LogP contribution in [0.5, 0.6) is 11.5 Å². The highest BCUT2D eigenvalue weighted by Gasteiger charge is 2.18. The van der Waals surface area contributed by atoms with Gasteiger partial charge in [0, 0.05) is 0 Å². The second-order valence-electron chi connectivity index (χ2n) is 30.5. The van der Waals surface area contributed by atoms with Crippen LogP contribution in [0.2, 0.25) is 0 Å². The summed E-state index contributed by atoms with van der Waals surface area (Å²) in [4.78, 5) is 0. The minimum Gasteiger partial charge on any atom is -0.457 e. The van der Waals surface area contributed by atoms with Crippen molar-refractivity contribution in [3.05, 3.63) is 236 Å². The molecule has 0 aliphatic rings. The van der Waals surface area contributed by atoms with E-state index in [0.29, 0.717) is 5.41 Å². The Morgan fingerprint density at radius 3 is 0.745 bits per heavy atom. The third-order valence-electron chi connectivity index (χ3n) is 18.5. The fraction of sp³-hybridized carbons (Fsp3) is 0.584. The molecule has 0 saturated heterocycles. The number of benzene rings is 7. The van der Waals surface area contributed by atoms with Gasteiger partial charge in [0.2, 0.25) is 0 Å². The van der Waals surface area contributed by atoms with Gasteiger partial charge >= 0.3 is 0 Å². The second-order valence-corrected chi connectivity index (χ2v) is 30.5. The molecule has 1 unspecified atom stereocenters. The highest BCUT2D eigenvalue weighted by molar-refractivity contribution is 5.35. The standard InChI is InChI=1S/C15H16.C14H14O.C14H30.C11H24.C10H22.C9H12.2C8H10.C8H18.C4H10/c1-12-3-7-14(8-4-12)11-15-9-5-13(2)6-10-15;1-11-3-7-13(8-4-11)15-14-9-5-12(2)6-10-14;1-3-5-7-9-11-13-14-12-10-8-6-4-2;1-6-8-10(3)9-11(4,5)7-2;1-3-5-7-9-10-8-6-4-2;1-7-4-5-8(2)9(3)6-7;1-7-3-5-8(2)6-4-7;1-7-4-3-5-8(2)6-7;1-3-5-7-8-6-4-2;1-3-4-2/h3-10H,11H2,1-2H3;3-10H,1-2H3;3-14H2,1-2H3;10H,6-9H2,1-5H3;3-10H2,1-2H3;4-6H,1-3H3;2*3-6H,1-2H3;3-8H2,1-2H3;3-4H2,1-2H3. The number of rotatable bonds is 33. The molecule has 102 heavy (non-hydrogen) atoms. The maximum atomic E-state index is 5.69. The van der Waals surface area contributed by atoms with E-state index in [1.165, 1.54) is 278 Å². The fourth-order valence-electron chi connectivity index (χ4n) is 11.0. The minimum atomic E-state index is 0.564. The molecule has 7 aromatic carbocycles. The topological polar surface area (TPSA) is 9.23 Å². The summed E-state index contributed by atoms with van der Waals surface area (Å²) in [5.74, 6) is 2.67. The lowest BCUT2D eigenvalue weighted by molar-refractivity contribution is 0.258. The predicted octanol–water partition coefficient (Wildman–Crippen LogP) is 34.5. The summed E-state index contributed by atoms with van der Waals surface area (Å²) in [6.45, 7) is 52.8. The van der Waals surface area contributed by atoms with Crippen LogP contribution in [0.15, 0.2) is 164 Å². The normalized spacial score (nSPS) is 10.4. The van der Waals surface area contributed by atoms with Crippen molar-refractivity contribution in [2.24, 2.45) is 11.3 Å². The van der Waals surface area contributed by atoms with Crippen LogP contribution in [0.4, 0.5) is 0 Å². The minimum absolute atomic E-state index is 0.564.